The largest absolute Gasteiger partial charge is 0.356 e. The van der Waals surface area contributed by atoms with Crippen LogP contribution in [0.5, 0.6) is 0 Å². The van der Waals surface area contributed by atoms with E-state index in [2.05, 4.69) is 41.5 Å². The van der Waals surface area contributed by atoms with E-state index in [1.165, 1.54) is 25.7 Å². The van der Waals surface area contributed by atoms with Crippen molar-refractivity contribution in [1.29, 1.82) is 0 Å². The molecule has 1 saturated carbocycles. The molecule has 0 spiro atoms. The Morgan fingerprint density at radius 2 is 1.95 bits per heavy atom. The van der Waals surface area contributed by atoms with Gasteiger partial charge >= 0.3 is 0 Å². The van der Waals surface area contributed by atoms with E-state index in [1.807, 2.05) is 7.05 Å². The van der Waals surface area contributed by atoms with Gasteiger partial charge in [-0.2, -0.15) is 0 Å². The highest BCUT2D eigenvalue weighted by Crippen LogP contribution is 2.42. The van der Waals surface area contributed by atoms with Gasteiger partial charge in [0.2, 0.25) is 0 Å². The van der Waals surface area contributed by atoms with Crippen LogP contribution in [0.1, 0.15) is 39.0 Å². The van der Waals surface area contributed by atoms with Crippen LogP contribution in [0.15, 0.2) is 4.99 Å². The molecule has 4 nitrogen and oxygen atoms in total. The molecule has 0 aromatic heterocycles. The average Bonchev–Trinajstić information content (AvgIpc) is 2.30. The summed E-state index contributed by atoms with van der Waals surface area (Å²) in [5, 5.41) is 6.86. The minimum Gasteiger partial charge on any atom is -0.356 e. The number of hydrogen-bond acceptors (Lipinski definition) is 2. The first-order chi connectivity index (χ1) is 8.62. The average molecular weight is 382 g/mol. The summed E-state index contributed by atoms with van der Waals surface area (Å²) in [6.45, 7) is 5.46. The quantitative estimate of drug-likeness (QED) is 0.307. The van der Waals surface area contributed by atoms with Crippen molar-refractivity contribution < 1.29 is 0 Å². The fourth-order valence-electron chi connectivity index (χ4n) is 2.43. The molecule has 1 aliphatic carbocycles. The number of guanidine groups is 1. The molecule has 0 saturated heterocycles. The van der Waals surface area contributed by atoms with E-state index >= 15 is 0 Å². The first-order valence-corrected chi connectivity index (χ1v) is 7.21. The molecule has 0 heterocycles. The Kier molecular flexibility index (Phi) is 9.78. The normalized spacial score (nSPS) is 17.6. The van der Waals surface area contributed by atoms with Crippen molar-refractivity contribution in [2.24, 2.45) is 10.4 Å². The van der Waals surface area contributed by atoms with E-state index in [1.54, 1.807) is 0 Å². The molecule has 0 bridgehead atoms. The van der Waals surface area contributed by atoms with Crippen LogP contribution in [0.4, 0.5) is 0 Å². The molecule has 5 heteroatoms. The van der Waals surface area contributed by atoms with Gasteiger partial charge in [-0.25, -0.2) is 0 Å². The van der Waals surface area contributed by atoms with Gasteiger partial charge in [-0.15, -0.1) is 24.0 Å². The maximum Gasteiger partial charge on any atom is 0.190 e. The lowest BCUT2D eigenvalue weighted by molar-refractivity contribution is 0.131. The molecule has 0 aromatic rings. The molecule has 0 amide bonds. The monoisotopic (exact) mass is 382 g/mol. The van der Waals surface area contributed by atoms with Crippen molar-refractivity contribution in [3.05, 3.63) is 0 Å². The van der Waals surface area contributed by atoms with E-state index in [-0.39, 0.29) is 24.0 Å². The zero-order valence-electron chi connectivity index (χ0n) is 13.0. The van der Waals surface area contributed by atoms with E-state index in [4.69, 9.17) is 0 Å². The van der Waals surface area contributed by atoms with Crippen LogP contribution in [-0.4, -0.2) is 51.6 Å². The molecule has 19 heavy (non-hydrogen) atoms. The Labute approximate surface area is 135 Å². The number of aliphatic imine (C=N–C) groups is 1. The molecule has 0 radical (unpaired) electrons. The van der Waals surface area contributed by atoms with E-state index in [0.717, 1.165) is 32.0 Å². The number of nitrogens with zero attached hydrogens (tertiary/aromatic N) is 2. The molecular weight excluding hydrogens is 351 g/mol. The van der Waals surface area contributed by atoms with Gasteiger partial charge in [-0.3, -0.25) is 4.99 Å². The van der Waals surface area contributed by atoms with Crippen molar-refractivity contribution >= 4 is 29.9 Å². The zero-order chi connectivity index (χ0) is 13.4. The number of nitrogens with one attached hydrogen (secondary N) is 2. The van der Waals surface area contributed by atoms with Gasteiger partial charge in [0.1, 0.15) is 0 Å². The molecule has 0 aromatic carbocycles. The SMILES string of the molecule is CCC1(CNC(=NC)NCCCN(C)C)CCC1.I. The van der Waals surface area contributed by atoms with E-state index in [0.29, 0.717) is 5.41 Å². The van der Waals surface area contributed by atoms with Gasteiger partial charge in [0.05, 0.1) is 0 Å². The van der Waals surface area contributed by atoms with Crippen LogP contribution >= 0.6 is 24.0 Å². The summed E-state index contributed by atoms with van der Waals surface area (Å²) in [6, 6.07) is 0. The molecule has 1 aliphatic rings. The lowest BCUT2D eigenvalue weighted by Gasteiger charge is -2.41. The maximum atomic E-state index is 4.28. The Morgan fingerprint density at radius 3 is 2.37 bits per heavy atom. The standard InChI is InChI=1S/C14H30N4.HI/c1-5-14(8-6-9-14)12-17-13(15-2)16-10-7-11-18(3)4;/h5-12H2,1-4H3,(H2,15,16,17);1H. The first kappa shape index (κ1) is 19.0. The van der Waals surface area contributed by atoms with Crippen molar-refractivity contribution in [2.45, 2.75) is 39.0 Å². The van der Waals surface area contributed by atoms with Crippen molar-refractivity contribution in [3.8, 4) is 0 Å². The zero-order valence-corrected chi connectivity index (χ0v) is 15.3. The summed E-state index contributed by atoms with van der Waals surface area (Å²) in [6.07, 6.45) is 6.55. The van der Waals surface area contributed by atoms with Crippen LogP contribution < -0.4 is 10.6 Å². The second-order valence-corrected chi connectivity index (χ2v) is 5.72. The summed E-state index contributed by atoms with van der Waals surface area (Å²) in [5.41, 5.74) is 0.543. The fraction of sp³-hybridized carbons (Fsp3) is 0.929. The Balaban J connectivity index is 0.00000324. The predicted molar refractivity (Wildman–Crippen MR) is 94.5 cm³/mol. The van der Waals surface area contributed by atoms with Crippen LogP contribution in [0.25, 0.3) is 0 Å². The lowest BCUT2D eigenvalue weighted by Crippen LogP contribution is -2.46. The third-order valence-electron chi connectivity index (χ3n) is 4.09. The number of rotatable bonds is 7. The third kappa shape index (κ3) is 6.79. The molecule has 1 rings (SSSR count). The Morgan fingerprint density at radius 1 is 1.26 bits per heavy atom. The summed E-state index contributed by atoms with van der Waals surface area (Å²) < 4.78 is 0. The molecule has 114 valence electrons. The summed E-state index contributed by atoms with van der Waals surface area (Å²) >= 11 is 0. The minimum absolute atomic E-state index is 0. The predicted octanol–water partition coefficient (Wildman–Crippen LogP) is 2.30. The second-order valence-electron chi connectivity index (χ2n) is 5.72. The van der Waals surface area contributed by atoms with Gasteiger partial charge in [-0.05, 0) is 51.7 Å². The van der Waals surface area contributed by atoms with Gasteiger partial charge in [0, 0.05) is 20.1 Å². The Bertz CT molecular complexity index is 257. The van der Waals surface area contributed by atoms with E-state index in [9.17, 15) is 0 Å². The lowest BCUT2D eigenvalue weighted by atomic mass is 9.67. The molecule has 0 aliphatic heterocycles. The third-order valence-corrected chi connectivity index (χ3v) is 4.09. The van der Waals surface area contributed by atoms with Gasteiger partial charge in [0.15, 0.2) is 5.96 Å². The second kappa shape index (κ2) is 9.80. The number of hydrogen-bond donors (Lipinski definition) is 2. The fourth-order valence-corrected chi connectivity index (χ4v) is 2.43. The van der Waals surface area contributed by atoms with Crippen molar-refractivity contribution in [3.63, 3.8) is 0 Å². The molecular formula is C14H31IN4. The van der Waals surface area contributed by atoms with Gasteiger partial charge in [-0.1, -0.05) is 13.3 Å². The highest BCUT2D eigenvalue weighted by atomic mass is 127. The topological polar surface area (TPSA) is 39.7 Å². The molecule has 1 fully saturated rings. The smallest absolute Gasteiger partial charge is 0.190 e. The highest BCUT2D eigenvalue weighted by Gasteiger charge is 2.34. The molecule has 0 atom stereocenters. The van der Waals surface area contributed by atoms with Crippen LogP contribution in [-0.2, 0) is 0 Å². The van der Waals surface area contributed by atoms with Gasteiger partial charge < -0.3 is 15.5 Å². The summed E-state index contributed by atoms with van der Waals surface area (Å²) in [5.74, 6) is 0.952. The van der Waals surface area contributed by atoms with Crippen molar-refractivity contribution in [2.75, 3.05) is 40.8 Å². The van der Waals surface area contributed by atoms with Crippen LogP contribution in [0.3, 0.4) is 0 Å². The van der Waals surface area contributed by atoms with Crippen LogP contribution in [0.2, 0.25) is 0 Å². The maximum absolute atomic E-state index is 4.28. The minimum atomic E-state index is 0. The summed E-state index contributed by atoms with van der Waals surface area (Å²) in [7, 11) is 6.06. The number of halogens is 1. The van der Waals surface area contributed by atoms with Crippen molar-refractivity contribution in [1.82, 2.24) is 15.5 Å². The summed E-state index contributed by atoms with van der Waals surface area (Å²) in [4.78, 5) is 6.49. The van der Waals surface area contributed by atoms with Crippen LogP contribution in [0, 0.1) is 5.41 Å². The van der Waals surface area contributed by atoms with E-state index < -0.39 is 0 Å². The molecule has 2 N–H and O–H groups in total. The Hall–Kier alpha value is -0.0400. The molecule has 0 unspecified atom stereocenters. The van der Waals surface area contributed by atoms with Gasteiger partial charge in [0.25, 0.3) is 0 Å². The highest BCUT2D eigenvalue weighted by molar-refractivity contribution is 14.0. The first-order valence-electron chi connectivity index (χ1n) is 7.21.